The standard InChI is InChI=1S/C16H21N3O2S/c1-12-4-5-14(21-9-6-17)13(11-12)16(20)19-7-2-3-15-18-8-10-22-15/h4-5,8,10-11H,2-3,6-7,9,17H2,1H3,(H,19,20). The van der Waals surface area contributed by atoms with Crippen molar-refractivity contribution in [2.75, 3.05) is 19.7 Å². The van der Waals surface area contributed by atoms with Crippen LogP contribution in [0.4, 0.5) is 0 Å². The fraction of sp³-hybridized carbons (Fsp3) is 0.375. The summed E-state index contributed by atoms with van der Waals surface area (Å²) >= 11 is 1.64. The number of nitrogens with zero attached hydrogens (tertiary/aromatic N) is 1. The van der Waals surface area contributed by atoms with Crippen LogP contribution in [0.2, 0.25) is 0 Å². The molecule has 0 aliphatic rings. The van der Waals surface area contributed by atoms with E-state index in [1.165, 1.54) is 0 Å². The van der Waals surface area contributed by atoms with Crippen LogP contribution in [-0.4, -0.2) is 30.6 Å². The quantitative estimate of drug-likeness (QED) is 0.731. The number of nitrogens with one attached hydrogen (secondary N) is 1. The largest absolute Gasteiger partial charge is 0.491 e. The van der Waals surface area contributed by atoms with Gasteiger partial charge in [0.05, 0.1) is 10.6 Å². The third-order valence-electron chi connectivity index (χ3n) is 3.09. The van der Waals surface area contributed by atoms with Crippen LogP contribution in [0.5, 0.6) is 5.75 Å². The van der Waals surface area contributed by atoms with Crippen molar-refractivity contribution in [3.63, 3.8) is 0 Å². The van der Waals surface area contributed by atoms with Gasteiger partial charge in [-0.15, -0.1) is 11.3 Å². The molecule has 6 heteroatoms. The number of nitrogens with two attached hydrogens (primary N) is 1. The summed E-state index contributed by atoms with van der Waals surface area (Å²) in [4.78, 5) is 16.5. The first-order valence-electron chi connectivity index (χ1n) is 7.31. The van der Waals surface area contributed by atoms with Gasteiger partial charge in [0.1, 0.15) is 12.4 Å². The zero-order chi connectivity index (χ0) is 15.8. The predicted molar refractivity (Wildman–Crippen MR) is 88.5 cm³/mol. The first kappa shape index (κ1) is 16.5. The summed E-state index contributed by atoms with van der Waals surface area (Å²) in [6.45, 7) is 3.38. The number of ether oxygens (including phenoxy) is 1. The second-order valence-electron chi connectivity index (χ2n) is 4.92. The molecular weight excluding hydrogens is 298 g/mol. The van der Waals surface area contributed by atoms with Crippen LogP contribution >= 0.6 is 11.3 Å². The summed E-state index contributed by atoms with van der Waals surface area (Å²) in [6.07, 6.45) is 3.54. The molecule has 22 heavy (non-hydrogen) atoms. The number of aryl methyl sites for hydroxylation is 2. The lowest BCUT2D eigenvalue weighted by molar-refractivity contribution is 0.0949. The van der Waals surface area contributed by atoms with E-state index < -0.39 is 0 Å². The number of rotatable bonds is 8. The molecule has 0 aliphatic heterocycles. The smallest absolute Gasteiger partial charge is 0.255 e. The molecule has 0 saturated heterocycles. The van der Waals surface area contributed by atoms with Gasteiger partial charge in [0.2, 0.25) is 0 Å². The highest BCUT2D eigenvalue weighted by atomic mass is 32.1. The van der Waals surface area contributed by atoms with Gasteiger partial charge in [0.25, 0.3) is 5.91 Å². The van der Waals surface area contributed by atoms with Gasteiger partial charge < -0.3 is 15.8 Å². The lowest BCUT2D eigenvalue weighted by atomic mass is 10.1. The molecule has 0 bridgehead atoms. The van der Waals surface area contributed by atoms with Crippen LogP contribution in [0.25, 0.3) is 0 Å². The van der Waals surface area contributed by atoms with Gasteiger partial charge in [0.15, 0.2) is 0 Å². The van der Waals surface area contributed by atoms with E-state index in [1.54, 1.807) is 17.5 Å². The minimum absolute atomic E-state index is 0.116. The van der Waals surface area contributed by atoms with Crippen LogP contribution in [0, 0.1) is 6.92 Å². The van der Waals surface area contributed by atoms with Gasteiger partial charge in [-0.3, -0.25) is 4.79 Å². The van der Waals surface area contributed by atoms with E-state index in [0.29, 0.717) is 31.0 Å². The molecule has 1 amide bonds. The lowest BCUT2D eigenvalue weighted by Gasteiger charge is -2.12. The van der Waals surface area contributed by atoms with E-state index in [1.807, 2.05) is 30.5 Å². The third-order valence-corrected chi connectivity index (χ3v) is 3.93. The Kier molecular flexibility index (Phi) is 6.36. The summed E-state index contributed by atoms with van der Waals surface area (Å²) < 4.78 is 5.53. The van der Waals surface area contributed by atoms with Crippen molar-refractivity contribution >= 4 is 17.2 Å². The third kappa shape index (κ3) is 4.82. The van der Waals surface area contributed by atoms with Crippen molar-refractivity contribution in [2.24, 2.45) is 5.73 Å². The van der Waals surface area contributed by atoms with Crippen molar-refractivity contribution in [2.45, 2.75) is 19.8 Å². The molecule has 0 radical (unpaired) electrons. The SMILES string of the molecule is Cc1ccc(OCCN)c(C(=O)NCCCc2nccs2)c1. The van der Waals surface area contributed by atoms with E-state index in [4.69, 9.17) is 10.5 Å². The van der Waals surface area contributed by atoms with Gasteiger partial charge in [-0.25, -0.2) is 4.98 Å². The summed E-state index contributed by atoms with van der Waals surface area (Å²) in [5, 5.41) is 5.99. The topological polar surface area (TPSA) is 77.2 Å². The van der Waals surface area contributed by atoms with E-state index in [2.05, 4.69) is 10.3 Å². The maximum atomic E-state index is 12.3. The maximum absolute atomic E-state index is 12.3. The van der Waals surface area contributed by atoms with Crippen molar-refractivity contribution < 1.29 is 9.53 Å². The zero-order valence-corrected chi connectivity index (χ0v) is 13.5. The molecule has 1 aromatic carbocycles. The molecule has 0 saturated carbocycles. The fourth-order valence-corrected chi connectivity index (χ4v) is 2.69. The lowest BCUT2D eigenvalue weighted by Crippen LogP contribution is -2.25. The Bertz CT molecular complexity index is 599. The Balaban J connectivity index is 1.89. The Labute approximate surface area is 134 Å². The first-order valence-corrected chi connectivity index (χ1v) is 8.18. The summed E-state index contributed by atoms with van der Waals surface area (Å²) in [5.74, 6) is 0.461. The number of hydrogen-bond donors (Lipinski definition) is 2. The van der Waals surface area contributed by atoms with Crippen LogP contribution in [0.3, 0.4) is 0 Å². The second kappa shape index (κ2) is 8.51. The summed E-state index contributed by atoms with van der Waals surface area (Å²) in [6, 6.07) is 5.57. The van der Waals surface area contributed by atoms with Crippen molar-refractivity contribution in [3.8, 4) is 5.75 Å². The molecule has 2 rings (SSSR count). The van der Waals surface area contributed by atoms with E-state index in [0.717, 1.165) is 23.4 Å². The number of amides is 1. The molecule has 0 fully saturated rings. The van der Waals surface area contributed by atoms with Gasteiger partial charge in [-0.05, 0) is 25.5 Å². The maximum Gasteiger partial charge on any atom is 0.255 e. The first-order chi connectivity index (χ1) is 10.7. The number of benzene rings is 1. The Hall–Kier alpha value is -1.92. The highest BCUT2D eigenvalue weighted by molar-refractivity contribution is 7.09. The van der Waals surface area contributed by atoms with Gasteiger partial charge >= 0.3 is 0 Å². The fourth-order valence-electron chi connectivity index (χ4n) is 2.03. The Morgan fingerprint density at radius 2 is 2.32 bits per heavy atom. The monoisotopic (exact) mass is 319 g/mol. The number of carbonyl (C=O) groups is 1. The van der Waals surface area contributed by atoms with E-state index in [9.17, 15) is 4.79 Å². The minimum atomic E-state index is -0.116. The van der Waals surface area contributed by atoms with E-state index >= 15 is 0 Å². The van der Waals surface area contributed by atoms with Crippen molar-refractivity contribution in [3.05, 3.63) is 45.9 Å². The molecule has 0 aliphatic carbocycles. The molecule has 0 atom stereocenters. The number of aromatic nitrogens is 1. The average Bonchev–Trinajstić information content (AvgIpc) is 3.03. The Morgan fingerprint density at radius 1 is 1.45 bits per heavy atom. The van der Waals surface area contributed by atoms with E-state index in [-0.39, 0.29) is 5.91 Å². The molecule has 1 heterocycles. The number of hydrogen-bond acceptors (Lipinski definition) is 5. The molecule has 2 aromatic rings. The molecule has 5 nitrogen and oxygen atoms in total. The van der Waals surface area contributed by atoms with Crippen LogP contribution in [0.15, 0.2) is 29.8 Å². The molecule has 0 unspecified atom stereocenters. The van der Waals surface area contributed by atoms with Crippen molar-refractivity contribution in [1.82, 2.24) is 10.3 Å². The van der Waals surface area contributed by atoms with Gasteiger partial charge in [-0.1, -0.05) is 11.6 Å². The second-order valence-corrected chi connectivity index (χ2v) is 5.90. The van der Waals surface area contributed by atoms with Crippen LogP contribution in [0.1, 0.15) is 27.3 Å². The minimum Gasteiger partial charge on any atom is -0.491 e. The number of thiazole rings is 1. The highest BCUT2D eigenvalue weighted by Crippen LogP contribution is 2.20. The predicted octanol–water partition coefficient (Wildman–Crippen LogP) is 2.15. The van der Waals surface area contributed by atoms with Gasteiger partial charge in [0, 0.05) is 31.1 Å². The van der Waals surface area contributed by atoms with Gasteiger partial charge in [-0.2, -0.15) is 0 Å². The highest BCUT2D eigenvalue weighted by Gasteiger charge is 2.12. The normalized spacial score (nSPS) is 10.5. The summed E-state index contributed by atoms with van der Waals surface area (Å²) in [5.41, 5.74) is 7.03. The molecule has 1 aromatic heterocycles. The average molecular weight is 319 g/mol. The zero-order valence-electron chi connectivity index (χ0n) is 12.7. The molecule has 0 spiro atoms. The Morgan fingerprint density at radius 3 is 3.05 bits per heavy atom. The van der Waals surface area contributed by atoms with Crippen LogP contribution in [-0.2, 0) is 6.42 Å². The molecule has 118 valence electrons. The van der Waals surface area contributed by atoms with Crippen molar-refractivity contribution in [1.29, 1.82) is 0 Å². The number of carbonyl (C=O) groups excluding carboxylic acids is 1. The molecule has 3 N–H and O–H groups in total. The molecular formula is C16H21N3O2S. The van der Waals surface area contributed by atoms with Crippen LogP contribution < -0.4 is 15.8 Å². The summed E-state index contributed by atoms with van der Waals surface area (Å²) in [7, 11) is 0.